The molecule has 0 aliphatic carbocycles. The third-order valence-corrected chi connectivity index (χ3v) is 7.15. The van der Waals surface area contributed by atoms with Crippen molar-refractivity contribution in [3.05, 3.63) is 70.6 Å². The zero-order chi connectivity index (χ0) is 21.5. The summed E-state index contributed by atoms with van der Waals surface area (Å²) in [5.74, 6) is 0.410. The van der Waals surface area contributed by atoms with Gasteiger partial charge in [0, 0.05) is 18.9 Å². The number of aromatic nitrogens is 4. The number of thiophene rings is 1. The molecule has 0 fully saturated rings. The van der Waals surface area contributed by atoms with Crippen molar-refractivity contribution >= 4 is 32.6 Å². The van der Waals surface area contributed by atoms with Crippen LogP contribution < -0.4 is 4.57 Å². The highest BCUT2D eigenvalue weighted by molar-refractivity contribution is 7.17. The van der Waals surface area contributed by atoms with Crippen LogP contribution in [-0.2, 0) is 13.5 Å². The van der Waals surface area contributed by atoms with Gasteiger partial charge in [-0.25, -0.2) is 9.55 Å². The number of benzene rings is 2. The fourth-order valence-corrected chi connectivity index (χ4v) is 5.96. The number of rotatable bonds is 2. The van der Waals surface area contributed by atoms with E-state index in [0.29, 0.717) is 0 Å². The van der Waals surface area contributed by atoms with Crippen LogP contribution in [0.15, 0.2) is 48.1 Å². The maximum Gasteiger partial charge on any atom is 0.287 e. The zero-order valence-electron chi connectivity index (χ0n) is 18.5. The van der Waals surface area contributed by atoms with Crippen molar-refractivity contribution in [1.82, 2.24) is 14.5 Å². The van der Waals surface area contributed by atoms with Gasteiger partial charge < -0.3 is 0 Å². The van der Waals surface area contributed by atoms with E-state index in [9.17, 15) is 0 Å². The van der Waals surface area contributed by atoms with Gasteiger partial charge in [0.1, 0.15) is 10.5 Å². The predicted molar refractivity (Wildman–Crippen MR) is 122 cm³/mol. The molecule has 1 aliphatic rings. The highest BCUT2D eigenvalue weighted by Crippen LogP contribution is 2.42. The highest BCUT2D eigenvalue weighted by Gasteiger charge is 2.30. The molecule has 0 N–H and O–H groups in total. The standard InChI is InChI=1S/C25H23N4S/c1-14(2)17-12-30-25-23(17)26-13-28(4)24(25)22-15(3)9-10-19-16(22)11-21-27-18-7-5-6-8-20(18)29(19)21/h5-10,12-14H,11H2,1-4H3/q+1/i14D. The van der Waals surface area contributed by atoms with E-state index < -0.39 is 5.89 Å². The van der Waals surface area contributed by atoms with Crippen LogP contribution in [0.2, 0.25) is 0 Å². The first kappa shape index (κ1) is 16.7. The Labute approximate surface area is 180 Å². The largest absolute Gasteiger partial charge is 0.296 e. The number of fused-ring (bicyclic) bond motifs is 6. The second-order valence-corrected chi connectivity index (χ2v) is 9.19. The van der Waals surface area contributed by atoms with Crippen molar-refractivity contribution < 1.29 is 5.94 Å². The highest BCUT2D eigenvalue weighted by atomic mass is 32.1. The van der Waals surface area contributed by atoms with Gasteiger partial charge in [0.25, 0.3) is 6.33 Å². The molecule has 0 bridgehead atoms. The SMILES string of the molecule is [2H]C(C)(C)c1csc2c(-c3c(C)ccc4c3Cc3nc5ccccc5n3-4)[n+](C)cnc12. The predicted octanol–water partition coefficient (Wildman–Crippen LogP) is 5.46. The number of aryl methyl sites for hydroxylation is 2. The van der Waals surface area contributed by atoms with Crippen molar-refractivity contribution in [3.8, 4) is 16.9 Å². The molecular weight excluding hydrogens is 388 g/mol. The molecule has 6 rings (SSSR count). The molecule has 0 amide bonds. The lowest BCUT2D eigenvalue weighted by molar-refractivity contribution is -0.662. The third kappa shape index (κ3) is 2.30. The van der Waals surface area contributed by atoms with Crippen LogP contribution in [0, 0.1) is 6.92 Å². The molecule has 0 atom stereocenters. The number of para-hydroxylation sites is 2. The van der Waals surface area contributed by atoms with Crippen LogP contribution in [0.5, 0.6) is 0 Å². The van der Waals surface area contributed by atoms with E-state index in [-0.39, 0.29) is 0 Å². The molecule has 0 unspecified atom stereocenters. The van der Waals surface area contributed by atoms with Crippen molar-refractivity contribution in [3.63, 3.8) is 0 Å². The number of nitrogens with zero attached hydrogens (tertiary/aromatic N) is 4. The summed E-state index contributed by atoms with van der Waals surface area (Å²) in [4.78, 5) is 9.64. The topological polar surface area (TPSA) is 34.6 Å². The summed E-state index contributed by atoms with van der Waals surface area (Å²) in [6.07, 6.45) is 2.70. The Morgan fingerprint density at radius 1 is 1.20 bits per heavy atom. The molecular formula is C25H23N4S+. The summed E-state index contributed by atoms with van der Waals surface area (Å²) in [5, 5.41) is 2.10. The maximum absolute atomic E-state index is 8.56. The van der Waals surface area contributed by atoms with Gasteiger partial charge in [-0.3, -0.25) is 4.57 Å². The molecule has 148 valence electrons. The summed E-state index contributed by atoms with van der Waals surface area (Å²) in [7, 11) is 2.06. The average molecular weight is 413 g/mol. The van der Waals surface area contributed by atoms with Gasteiger partial charge in [-0.15, -0.1) is 11.3 Å². The fraction of sp³-hybridized carbons (Fsp3) is 0.240. The monoisotopic (exact) mass is 412 g/mol. The molecule has 0 saturated heterocycles. The summed E-state index contributed by atoms with van der Waals surface area (Å²) < 4.78 is 14.1. The van der Waals surface area contributed by atoms with Crippen LogP contribution in [0.4, 0.5) is 0 Å². The Balaban J connectivity index is 1.66. The molecule has 0 spiro atoms. The van der Waals surface area contributed by atoms with E-state index in [0.717, 1.165) is 39.1 Å². The smallest absolute Gasteiger partial charge is 0.287 e. The summed E-state index contributed by atoms with van der Waals surface area (Å²) >= 11 is 1.69. The molecule has 4 nitrogen and oxygen atoms in total. The third-order valence-electron chi connectivity index (χ3n) is 6.17. The lowest BCUT2D eigenvalue weighted by Crippen LogP contribution is -2.32. The zero-order valence-corrected chi connectivity index (χ0v) is 18.3. The first-order chi connectivity index (χ1) is 14.8. The summed E-state index contributed by atoms with van der Waals surface area (Å²) in [6, 6.07) is 12.8. The van der Waals surface area contributed by atoms with Crippen LogP contribution in [0.3, 0.4) is 0 Å². The molecule has 1 aliphatic heterocycles. The second kappa shape index (κ2) is 6.22. The van der Waals surface area contributed by atoms with E-state index >= 15 is 0 Å². The van der Waals surface area contributed by atoms with Crippen LogP contribution in [0.1, 0.15) is 43.6 Å². The van der Waals surface area contributed by atoms with Gasteiger partial charge in [0.15, 0.2) is 5.69 Å². The normalized spacial score (nSPS) is 13.7. The molecule has 0 saturated carbocycles. The summed E-state index contributed by atoms with van der Waals surface area (Å²) in [6.45, 7) is 6.04. The lowest BCUT2D eigenvalue weighted by Gasteiger charge is -2.13. The Kier molecular flexibility index (Phi) is 3.47. The van der Waals surface area contributed by atoms with E-state index in [1.807, 2.05) is 26.2 Å². The molecule has 3 aromatic heterocycles. The van der Waals surface area contributed by atoms with E-state index in [1.165, 1.54) is 28.1 Å². The van der Waals surface area contributed by atoms with Crippen molar-refractivity contribution in [2.75, 3.05) is 0 Å². The minimum Gasteiger partial charge on any atom is -0.296 e. The van der Waals surface area contributed by atoms with Gasteiger partial charge in [-0.05, 0) is 52.5 Å². The Morgan fingerprint density at radius 2 is 2.03 bits per heavy atom. The van der Waals surface area contributed by atoms with Gasteiger partial charge >= 0.3 is 0 Å². The van der Waals surface area contributed by atoms with Gasteiger partial charge in [0.2, 0.25) is 5.52 Å². The van der Waals surface area contributed by atoms with E-state index in [4.69, 9.17) is 11.3 Å². The number of imidazole rings is 1. The Morgan fingerprint density at radius 3 is 2.87 bits per heavy atom. The first-order valence-corrected chi connectivity index (χ1v) is 11.1. The lowest BCUT2D eigenvalue weighted by atomic mass is 9.95. The molecule has 30 heavy (non-hydrogen) atoms. The first-order valence-electron chi connectivity index (χ1n) is 10.7. The minimum absolute atomic E-state index is 0.683. The molecule has 2 aromatic carbocycles. The number of hydrogen-bond donors (Lipinski definition) is 0. The second-order valence-electron chi connectivity index (χ2n) is 8.32. The van der Waals surface area contributed by atoms with Crippen molar-refractivity contribution in [2.45, 2.75) is 33.1 Å². The summed E-state index contributed by atoms with van der Waals surface area (Å²) in [5.41, 5.74) is 10.3. The van der Waals surface area contributed by atoms with Crippen LogP contribution in [0.25, 0.3) is 38.2 Å². The maximum atomic E-state index is 8.56. The van der Waals surface area contributed by atoms with E-state index in [2.05, 4.69) is 58.8 Å². The van der Waals surface area contributed by atoms with E-state index in [1.54, 1.807) is 11.3 Å². The van der Waals surface area contributed by atoms with Crippen LogP contribution >= 0.6 is 11.3 Å². The molecule has 5 heteroatoms. The molecule has 5 aromatic rings. The van der Waals surface area contributed by atoms with Crippen LogP contribution in [-0.4, -0.2) is 14.5 Å². The van der Waals surface area contributed by atoms with Gasteiger partial charge in [-0.2, -0.15) is 0 Å². The van der Waals surface area contributed by atoms with Gasteiger partial charge in [-0.1, -0.05) is 32.0 Å². The Bertz CT molecular complexity index is 1520. The Hall–Kier alpha value is -3.05. The van der Waals surface area contributed by atoms with Crippen molar-refractivity contribution in [2.24, 2.45) is 7.05 Å². The molecule has 0 radical (unpaired) electrons. The van der Waals surface area contributed by atoms with Gasteiger partial charge in [0.05, 0.1) is 23.8 Å². The molecule has 4 heterocycles. The number of hydrogen-bond acceptors (Lipinski definition) is 3. The van der Waals surface area contributed by atoms with Crippen molar-refractivity contribution in [1.29, 1.82) is 0 Å². The quantitative estimate of drug-likeness (QED) is 0.354. The minimum atomic E-state index is -0.683. The average Bonchev–Trinajstić information content (AvgIpc) is 3.39. The fourth-order valence-electron chi connectivity index (χ4n) is 4.75.